The highest BCUT2D eigenvalue weighted by Crippen LogP contribution is 2.30. The van der Waals surface area contributed by atoms with Crippen LogP contribution in [0.1, 0.15) is 11.1 Å². The summed E-state index contributed by atoms with van der Waals surface area (Å²) in [6.45, 7) is 1.75. The first-order chi connectivity index (χ1) is 10.5. The maximum absolute atomic E-state index is 11.8. The molecule has 0 saturated carbocycles. The van der Waals surface area contributed by atoms with Gasteiger partial charge in [0.2, 0.25) is 0 Å². The van der Waals surface area contributed by atoms with E-state index < -0.39 is 11.0 Å². The molecule has 7 heteroatoms. The van der Waals surface area contributed by atoms with Crippen LogP contribution in [0.2, 0.25) is 0 Å². The molecule has 2 aromatic rings. The topological polar surface area (TPSA) is 81.5 Å². The number of amides is 1. The molecule has 0 unspecified atom stereocenters. The Morgan fingerprint density at radius 1 is 1.32 bits per heavy atom. The second kappa shape index (κ2) is 7.04. The van der Waals surface area contributed by atoms with Crippen molar-refractivity contribution in [2.24, 2.45) is 0 Å². The molecule has 0 aliphatic heterocycles. The summed E-state index contributed by atoms with van der Waals surface area (Å²) in [5.41, 5.74) is 1.57. The van der Waals surface area contributed by atoms with Crippen LogP contribution < -0.4 is 5.32 Å². The molecule has 6 nitrogen and oxygen atoms in total. The molecule has 114 valence electrons. The van der Waals surface area contributed by atoms with E-state index in [0.717, 1.165) is 5.56 Å². The number of halogens is 1. The molecule has 0 atom stereocenters. The minimum absolute atomic E-state index is 0.0680. The molecular formula is C15H13BrN2O4. The summed E-state index contributed by atoms with van der Waals surface area (Å²) in [6.07, 6.45) is -0.678. The zero-order chi connectivity index (χ0) is 16.1. The lowest BCUT2D eigenvalue weighted by atomic mass is 10.2. The number of carbonyl (C=O) groups is 1. The van der Waals surface area contributed by atoms with E-state index in [9.17, 15) is 14.9 Å². The van der Waals surface area contributed by atoms with Gasteiger partial charge in [0.15, 0.2) is 0 Å². The van der Waals surface area contributed by atoms with Gasteiger partial charge in [0.05, 0.1) is 10.6 Å². The third-order valence-electron chi connectivity index (χ3n) is 2.93. The molecule has 1 N–H and O–H groups in total. The van der Waals surface area contributed by atoms with Crippen molar-refractivity contribution < 1.29 is 14.5 Å². The summed E-state index contributed by atoms with van der Waals surface area (Å²) in [5.74, 6) is 0. The normalized spacial score (nSPS) is 10.1. The maximum atomic E-state index is 11.8. The minimum Gasteiger partial charge on any atom is -0.444 e. The van der Waals surface area contributed by atoms with Crippen molar-refractivity contribution in [3.8, 4) is 0 Å². The molecule has 1 amide bonds. The second-order valence-corrected chi connectivity index (χ2v) is 5.42. The minimum atomic E-state index is -0.678. The number of carbonyl (C=O) groups excluding carboxylic acids is 1. The first-order valence-electron chi connectivity index (χ1n) is 6.39. The molecule has 0 radical (unpaired) electrons. The molecule has 0 aliphatic carbocycles. The van der Waals surface area contributed by atoms with Gasteiger partial charge in [-0.25, -0.2) is 4.79 Å². The largest absolute Gasteiger partial charge is 0.444 e. The monoisotopic (exact) mass is 364 g/mol. The number of nitrogens with one attached hydrogen (secondary N) is 1. The Labute approximate surface area is 135 Å². The van der Waals surface area contributed by atoms with E-state index in [1.165, 1.54) is 6.07 Å². The van der Waals surface area contributed by atoms with Crippen molar-refractivity contribution in [3.63, 3.8) is 0 Å². The highest BCUT2D eigenvalue weighted by molar-refractivity contribution is 9.10. The van der Waals surface area contributed by atoms with Crippen LogP contribution in [-0.2, 0) is 11.3 Å². The quantitative estimate of drug-likeness (QED) is 0.643. The average Bonchev–Trinajstić information content (AvgIpc) is 2.48. The fraction of sp³-hybridized carbons (Fsp3) is 0.133. The van der Waals surface area contributed by atoms with Crippen molar-refractivity contribution in [2.75, 3.05) is 5.32 Å². The average molecular weight is 365 g/mol. The molecule has 0 bridgehead atoms. The zero-order valence-corrected chi connectivity index (χ0v) is 13.3. The molecule has 0 aromatic heterocycles. The van der Waals surface area contributed by atoms with Gasteiger partial charge in [0, 0.05) is 16.1 Å². The number of hydrogen-bond acceptors (Lipinski definition) is 4. The molecule has 0 aliphatic rings. The Balaban J connectivity index is 2.05. The van der Waals surface area contributed by atoms with E-state index in [2.05, 4.69) is 21.2 Å². The van der Waals surface area contributed by atoms with Crippen LogP contribution in [0.15, 0.2) is 46.9 Å². The number of benzene rings is 2. The highest BCUT2D eigenvalue weighted by atomic mass is 79.9. The third kappa shape index (κ3) is 4.05. The predicted molar refractivity (Wildman–Crippen MR) is 85.8 cm³/mol. The van der Waals surface area contributed by atoms with E-state index in [0.29, 0.717) is 10.0 Å². The number of ether oxygens (including phenoxy) is 1. The number of hydrogen-bond donors (Lipinski definition) is 1. The van der Waals surface area contributed by atoms with Gasteiger partial charge in [-0.15, -0.1) is 0 Å². The number of nitrogens with zero attached hydrogens (tertiary/aromatic N) is 1. The lowest BCUT2D eigenvalue weighted by Crippen LogP contribution is -2.14. The zero-order valence-electron chi connectivity index (χ0n) is 11.7. The van der Waals surface area contributed by atoms with Crippen molar-refractivity contribution in [2.45, 2.75) is 13.5 Å². The molecule has 22 heavy (non-hydrogen) atoms. The molecule has 0 spiro atoms. The number of aryl methyl sites for hydroxylation is 1. The number of rotatable bonds is 4. The SMILES string of the molecule is Cc1cc(Br)c(NC(=O)OCc2ccccc2)cc1[N+](=O)[O-]. The van der Waals surface area contributed by atoms with Crippen LogP contribution in [0.25, 0.3) is 0 Å². The standard InChI is InChI=1S/C15H13BrN2O4/c1-10-7-12(16)13(8-14(10)18(20)21)17-15(19)22-9-11-5-3-2-4-6-11/h2-8H,9H2,1H3,(H,17,19). The summed E-state index contributed by atoms with van der Waals surface area (Å²) < 4.78 is 5.63. The third-order valence-corrected chi connectivity index (χ3v) is 3.59. The van der Waals surface area contributed by atoms with Gasteiger partial charge in [-0.05, 0) is 34.5 Å². The van der Waals surface area contributed by atoms with Gasteiger partial charge >= 0.3 is 6.09 Å². The van der Waals surface area contributed by atoms with E-state index in [1.807, 2.05) is 30.3 Å². The summed E-state index contributed by atoms with van der Waals surface area (Å²) >= 11 is 3.26. The number of nitro benzene ring substituents is 1. The summed E-state index contributed by atoms with van der Waals surface area (Å²) in [4.78, 5) is 22.2. The Hall–Kier alpha value is -2.41. The van der Waals surface area contributed by atoms with Gasteiger partial charge in [-0.3, -0.25) is 15.4 Å². The van der Waals surface area contributed by atoms with Crippen molar-refractivity contribution in [3.05, 3.63) is 68.2 Å². The molecule has 2 rings (SSSR count). The van der Waals surface area contributed by atoms with Gasteiger partial charge in [-0.2, -0.15) is 0 Å². The second-order valence-electron chi connectivity index (χ2n) is 4.56. The summed E-state index contributed by atoms with van der Waals surface area (Å²) in [5, 5.41) is 13.4. The lowest BCUT2D eigenvalue weighted by molar-refractivity contribution is -0.385. The molecular weight excluding hydrogens is 352 g/mol. The maximum Gasteiger partial charge on any atom is 0.411 e. The van der Waals surface area contributed by atoms with Gasteiger partial charge in [-0.1, -0.05) is 30.3 Å². The van der Waals surface area contributed by atoms with Gasteiger partial charge in [0.25, 0.3) is 5.69 Å². The molecule has 0 heterocycles. The van der Waals surface area contributed by atoms with E-state index in [4.69, 9.17) is 4.74 Å². The number of nitro groups is 1. The summed E-state index contributed by atoms with van der Waals surface area (Å²) in [6, 6.07) is 12.1. The predicted octanol–water partition coefficient (Wildman–Crippen LogP) is 4.41. The Kier molecular flexibility index (Phi) is 5.11. The van der Waals surface area contributed by atoms with Crippen LogP contribution in [0.5, 0.6) is 0 Å². The lowest BCUT2D eigenvalue weighted by Gasteiger charge is -2.09. The van der Waals surface area contributed by atoms with Gasteiger partial charge in [0.1, 0.15) is 6.61 Å². The Morgan fingerprint density at radius 2 is 2.00 bits per heavy atom. The molecule has 2 aromatic carbocycles. The fourth-order valence-electron chi connectivity index (χ4n) is 1.82. The van der Waals surface area contributed by atoms with Crippen LogP contribution >= 0.6 is 15.9 Å². The Bertz CT molecular complexity index is 704. The van der Waals surface area contributed by atoms with Gasteiger partial charge < -0.3 is 4.74 Å². The first kappa shape index (κ1) is 16.0. The first-order valence-corrected chi connectivity index (χ1v) is 7.19. The van der Waals surface area contributed by atoms with Crippen molar-refractivity contribution in [1.29, 1.82) is 0 Å². The number of anilines is 1. The van der Waals surface area contributed by atoms with Crippen molar-refractivity contribution in [1.82, 2.24) is 0 Å². The van der Waals surface area contributed by atoms with Crippen LogP contribution in [-0.4, -0.2) is 11.0 Å². The van der Waals surface area contributed by atoms with Crippen LogP contribution in [0, 0.1) is 17.0 Å². The molecule has 0 fully saturated rings. The van der Waals surface area contributed by atoms with E-state index >= 15 is 0 Å². The van der Waals surface area contributed by atoms with Crippen LogP contribution in [0.3, 0.4) is 0 Å². The smallest absolute Gasteiger partial charge is 0.411 e. The highest BCUT2D eigenvalue weighted by Gasteiger charge is 2.16. The van der Waals surface area contributed by atoms with E-state index in [-0.39, 0.29) is 18.0 Å². The summed E-state index contributed by atoms with van der Waals surface area (Å²) in [7, 11) is 0. The van der Waals surface area contributed by atoms with Crippen molar-refractivity contribution >= 4 is 33.4 Å². The molecule has 0 saturated heterocycles. The van der Waals surface area contributed by atoms with Crippen LogP contribution in [0.4, 0.5) is 16.2 Å². The fourth-order valence-corrected chi connectivity index (χ4v) is 2.38. The Morgan fingerprint density at radius 3 is 2.64 bits per heavy atom. The van der Waals surface area contributed by atoms with E-state index in [1.54, 1.807) is 13.0 Å².